The van der Waals surface area contributed by atoms with E-state index in [1.807, 2.05) is 31.2 Å². The molecule has 0 unspecified atom stereocenters. The van der Waals surface area contributed by atoms with Gasteiger partial charge in [-0.05, 0) is 49.7 Å². The monoisotopic (exact) mass is 306 g/mol. The minimum Gasteiger partial charge on any atom is -0.464 e. The van der Waals surface area contributed by atoms with Gasteiger partial charge < -0.3 is 14.6 Å². The smallest absolute Gasteiger partial charge is 0.123 e. The molecule has 0 aliphatic heterocycles. The lowest BCUT2D eigenvalue weighted by Crippen LogP contribution is -2.21. The van der Waals surface area contributed by atoms with Crippen molar-refractivity contribution >= 4 is 17.3 Å². The number of nitrogens with zero attached hydrogens (tertiary/aromatic N) is 1. The molecule has 1 N–H and O–H groups in total. The zero-order valence-electron chi connectivity index (χ0n) is 12.9. The van der Waals surface area contributed by atoms with Gasteiger partial charge in [0.05, 0.1) is 6.54 Å². The van der Waals surface area contributed by atoms with Gasteiger partial charge in [-0.3, -0.25) is 0 Å². The number of hydrogen-bond acceptors (Lipinski definition) is 3. The lowest BCUT2D eigenvalue weighted by Gasteiger charge is -2.22. The number of hydrogen-bond donors (Lipinski definition) is 1. The zero-order chi connectivity index (χ0) is 15.2. The van der Waals surface area contributed by atoms with Crippen LogP contribution in [-0.2, 0) is 13.1 Å². The number of benzene rings is 1. The van der Waals surface area contributed by atoms with Gasteiger partial charge >= 0.3 is 0 Å². The van der Waals surface area contributed by atoms with E-state index in [-0.39, 0.29) is 0 Å². The van der Waals surface area contributed by atoms with Crippen LogP contribution in [0.5, 0.6) is 0 Å². The molecule has 0 saturated carbocycles. The molecule has 1 heterocycles. The maximum Gasteiger partial charge on any atom is 0.123 e. The van der Waals surface area contributed by atoms with Crippen LogP contribution in [0.1, 0.15) is 30.4 Å². The molecule has 0 aliphatic rings. The summed E-state index contributed by atoms with van der Waals surface area (Å²) in [4.78, 5) is 2.17. The van der Waals surface area contributed by atoms with Crippen molar-refractivity contribution in [3.05, 3.63) is 52.4 Å². The van der Waals surface area contributed by atoms with Gasteiger partial charge in [-0.2, -0.15) is 0 Å². The average molecular weight is 307 g/mol. The van der Waals surface area contributed by atoms with E-state index >= 15 is 0 Å². The van der Waals surface area contributed by atoms with Gasteiger partial charge in [0.15, 0.2) is 0 Å². The highest BCUT2D eigenvalue weighted by molar-refractivity contribution is 6.30. The number of halogens is 1. The summed E-state index contributed by atoms with van der Waals surface area (Å²) in [6.07, 6.45) is 1.13. The van der Waals surface area contributed by atoms with E-state index in [1.165, 1.54) is 5.56 Å². The Hall–Kier alpha value is -1.45. The van der Waals surface area contributed by atoms with E-state index in [1.54, 1.807) is 0 Å². The molecule has 0 aliphatic carbocycles. The van der Waals surface area contributed by atoms with E-state index in [0.29, 0.717) is 0 Å². The van der Waals surface area contributed by atoms with Crippen LogP contribution >= 0.6 is 11.6 Å². The maximum absolute atomic E-state index is 6.16. The van der Waals surface area contributed by atoms with E-state index in [0.717, 1.165) is 48.3 Å². The average Bonchev–Trinajstić information content (AvgIpc) is 2.86. The number of nitrogens with one attached hydrogen (secondary N) is 1. The van der Waals surface area contributed by atoms with Crippen LogP contribution in [0, 0.1) is 6.92 Å². The van der Waals surface area contributed by atoms with Crippen molar-refractivity contribution in [1.29, 1.82) is 0 Å². The van der Waals surface area contributed by atoms with Crippen molar-refractivity contribution in [2.75, 3.05) is 18.5 Å². The SMILES string of the molecule is CCCNCc1ccc(Cl)cc1N(C)Cc1ccc(C)o1. The molecule has 0 fully saturated rings. The second kappa shape index (κ2) is 7.53. The van der Waals surface area contributed by atoms with Crippen LogP contribution in [0.3, 0.4) is 0 Å². The third-order valence-electron chi connectivity index (χ3n) is 3.39. The quantitative estimate of drug-likeness (QED) is 0.770. The van der Waals surface area contributed by atoms with Crippen LogP contribution in [-0.4, -0.2) is 13.6 Å². The predicted molar refractivity (Wildman–Crippen MR) is 89.0 cm³/mol. The number of anilines is 1. The first-order chi connectivity index (χ1) is 10.1. The molecule has 1 aromatic carbocycles. The Bertz CT molecular complexity index is 580. The molecular formula is C17H23ClN2O. The van der Waals surface area contributed by atoms with Crippen molar-refractivity contribution in [3.63, 3.8) is 0 Å². The minimum atomic E-state index is 0.731. The van der Waals surface area contributed by atoms with Gasteiger partial charge in [0, 0.05) is 24.3 Å². The lowest BCUT2D eigenvalue weighted by atomic mass is 10.1. The topological polar surface area (TPSA) is 28.4 Å². The Labute approximate surface area is 131 Å². The van der Waals surface area contributed by atoms with Crippen LogP contribution in [0.2, 0.25) is 5.02 Å². The van der Waals surface area contributed by atoms with Gasteiger partial charge in [0.25, 0.3) is 0 Å². The summed E-state index contributed by atoms with van der Waals surface area (Å²) in [6.45, 7) is 6.73. The van der Waals surface area contributed by atoms with Crippen LogP contribution in [0.25, 0.3) is 0 Å². The van der Waals surface area contributed by atoms with E-state index in [4.69, 9.17) is 16.0 Å². The van der Waals surface area contributed by atoms with E-state index < -0.39 is 0 Å². The third-order valence-corrected chi connectivity index (χ3v) is 3.62. The first-order valence-corrected chi connectivity index (χ1v) is 7.73. The predicted octanol–water partition coefficient (Wildman–Crippen LogP) is 4.38. The van der Waals surface area contributed by atoms with Gasteiger partial charge in [0.2, 0.25) is 0 Å². The maximum atomic E-state index is 6.16. The van der Waals surface area contributed by atoms with Gasteiger partial charge in [-0.25, -0.2) is 0 Å². The Kier molecular flexibility index (Phi) is 5.71. The third kappa shape index (κ3) is 4.51. The normalized spacial score (nSPS) is 10.9. The molecule has 0 atom stereocenters. The second-order valence-electron chi connectivity index (χ2n) is 5.32. The lowest BCUT2D eigenvalue weighted by molar-refractivity contribution is 0.481. The van der Waals surface area contributed by atoms with Crippen LogP contribution in [0.4, 0.5) is 5.69 Å². The summed E-state index contributed by atoms with van der Waals surface area (Å²) >= 11 is 6.16. The van der Waals surface area contributed by atoms with Gasteiger partial charge in [0.1, 0.15) is 11.5 Å². The summed E-state index contributed by atoms with van der Waals surface area (Å²) in [6, 6.07) is 10.1. The zero-order valence-corrected chi connectivity index (χ0v) is 13.7. The Balaban J connectivity index is 2.13. The van der Waals surface area contributed by atoms with Gasteiger partial charge in [-0.1, -0.05) is 24.6 Å². The molecule has 2 aromatic rings. The molecule has 0 spiro atoms. The van der Waals surface area contributed by atoms with E-state index in [2.05, 4.69) is 30.3 Å². The molecule has 1 aromatic heterocycles. The molecule has 3 nitrogen and oxygen atoms in total. The molecule has 114 valence electrons. The highest BCUT2D eigenvalue weighted by atomic mass is 35.5. The van der Waals surface area contributed by atoms with Gasteiger partial charge in [-0.15, -0.1) is 0 Å². The molecule has 0 bridgehead atoms. The summed E-state index contributed by atoms with van der Waals surface area (Å²) in [5.74, 6) is 1.90. The first kappa shape index (κ1) is 15.9. The number of rotatable bonds is 7. The first-order valence-electron chi connectivity index (χ1n) is 7.35. The fourth-order valence-corrected chi connectivity index (χ4v) is 2.50. The number of furan rings is 1. The summed E-state index contributed by atoms with van der Waals surface area (Å²) in [7, 11) is 2.06. The summed E-state index contributed by atoms with van der Waals surface area (Å²) in [5, 5.41) is 4.20. The molecular weight excluding hydrogens is 284 g/mol. The number of aryl methyl sites for hydroxylation is 1. The highest BCUT2D eigenvalue weighted by Crippen LogP contribution is 2.25. The molecule has 21 heavy (non-hydrogen) atoms. The minimum absolute atomic E-state index is 0.731. The molecule has 2 rings (SSSR count). The molecule has 0 amide bonds. The Morgan fingerprint density at radius 2 is 2.05 bits per heavy atom. The van der Waals surface area contributed by atoms with Crippen molar-refractivity contribution in [2.45, 2.75) is 33.4 Å². The molecule has 4 heteroatoms. The summed E-state index contributed by atoms with van der Waals surface area (Å²) < 4.78 is 5.65. The standard InChI is InChI=1S/C17H23ClN2O/c1-4-9-19-11-14-6-7-15(18)10-17(14)20(3)12-16-8-5-13(2)21-16/h5-8,10,19H,4,9,11-12H2,1-3H3. The highest BCUT2D eigenvalue weighted by Gasteiger charge is 2.10. The largest absolute Gasteiger partial charge is 0.464 e. The van der Waals surface area contributed by atoms with Crippen molar-refractivity contribution < 1.29 is 4.42 Å². The van der Waals surface area contributed by atoms with E-state index in [9.17, 15) is 0 Å². The second-order valence-corrected chi connectivity index (χ2v) is 5.75. The van der Waals surface area contributed by atoms with Crippen molar-refractivity contribution in [1.82, 2.24) is 5.32 Å². The van der Waals surface area contributed by atoms with Crippen molar-refractivity contribution in [3.8, 4) is 0 Å². The Morgan fingerprint density at radius 3 is 2.71 bits per heavy atom. The summed E-state index contributed by atoms with van der Waals surface area (Å²) in [5.41, 5.74) is 2.39. The fourth-order valence-electron chi connectivity index (χ4n) is 2.33. The van der Waals surface area contributed by atoms with Crippen molar-refractivity contribution in [2.24, 2.45) is 0 Å². The molecule has 0 saturated heterocycles. The van der Waals surface area contributed by atoms with Crippen LogP contribution < -0.4 is 10.2 Å². The molecule has 0 radical (unpaired) electrons. The fraction of sp³-hybridized carbons (Fsp3) is 0.412. The Morgan fingerprint density at radius 1 is 1.24 bits per heavy atom. The van der Waals surface area contributed by atoms with Crippen LogP contribution in [0.15, 0.2) is 34.7 Å².